The number of hydrogen-bond donors (Lipinski definition) is 0. The van der Waals surface area contributed by atoms with Gasteiger partial charge in [0.2, 0.25) is 0 Å². The molecule has 2 unspecified atom stereocenters. The molecule has 0 fully saturated rings. The first-order valence-corrected chi connectivity index (χ1v) is 4.82. The van der Waals surface area contributed by atoms with E-state index in [-0.39, 0.29) is 57.0 Å². The van der Waals surface area contributed by atoms with E-state index in [1.807, 2.05) is 13.8 Å². The van der Waals surface area contributed by atoms with Crippen molar-refractivity contribution < 1.29 is 60.8 Å². The summed E-state index contributed by atoms with van der Waals surface area (Å²) in [4.78, 5) is 10.4. The van der Waals surface area contributed by atoms with Crippen LogP contribution in [0.4, 0.5) is 0 Å². The third-order valence-corrected chi connectivity index (χ3v) is 2.83. The van der Waals surface area contributed by atoms with Gasteiger partial charge in [-0.2, -0.15) is 0 Å². The molecule has 0 radical (unpaired) electrons. The van der Waals surface area contributed by atoms with E-state index < -0.39 is 8.03 Å². The van der Waals surface area contributed by atoms with Gasteiger partial charge in [0, 0.05) is 8.03 Å². The Morgan fingerprint density at radius 2 is 2.00 bits per heavy atom. The maximum absolute atomic E-state index is 10.4. The Kier molecular flexibility index (Phi) is 12.8. The van der Waals surface area contributed by atoms with Crippen LogP contribution in [0.1, 0.15) is 33.1 Å². The first-order valence-electron chi connectivity index (χ1n) is 3.43. The average Bonchev–Trinajstić information content (AvgIpc) is 1.82. The largest absolute Gasteiger partial charge is 1.00 e. The second-order valence-electron chi connectivity index (χ2n) is 2.21. The van der Waals surface area contributed by atoms with Crippen LogP contribution in [0.2, 0.25) is 0 Å². The van der Waals surface area contributed by atoms with E-state index in [1.54, 1.807) is 0 Å². The molecule has 0 heterocycles. The Morgan fingerprint density at radius 3 is 2.10 bits per heavy atom. The van der Waals surface area contributed by atoms with Gasteiger partial charge in [-0.05, 0) is 18.5 Å². The van der Waals surface area contributed by atoms with Crippen molar-refractivity contribution in [3.8, 4) is 0 Å². The van der Waals surface area contributed by atoms with Gasteiger partial charge in [-0.3, -0.25) is 0 Å². The summed E-state index contributed by atoms with van der Waals surface area (Å²) >= 11 is 0. The predicted octanol–water partition coefficient (Wildman–Crippen LogP) is -1.60. The summed E-state index contributed by atoms with van der Waals surface area (Å²) in [6.07, 6.45) is 2.57. The summed E-state index contributed by atoms with van der Waals surface area (Å²) in [6, 6.07) is 0. The van der Waals surface area contributed by atoms with E-state index in [1.165, 1.54) is 0 Å². The zero-order valence-corrected chi connectivity index (χ0v) is 11.1. The van der Waals surface area contributed by atoms with E-state index in [4.69, 9.17) is 0 Å². The third kappa shape index (κ3) is 6.53. The molecular weight excluding hydrogens is 174 g/mol. The number of rotatable bonds is 4. The van der Waals surface area contributed by atoms with E-state index in [9.17, 15) is 9.46 Å². The number of hydrogen-bond acceptors (Lipinski definition) is 2. The van der Waals surface area contributed by atoms with E-state index >= 15 is 0 Å². The van der Waals surface area contributed by atoms with Crippen LogP contribution in [0.5, 0.6) is 0 Å². The predicted molar refractivity (Wildman–Crippen MR) is 38.0 cm³/mol. The Bertz CT molecular complexity index is 97.7. The second kappa shape index (κ2) is 8.92. The zero-order chi connectivity index (χ0) is 7.28. The maximum atomic E-state index is 10.4. The average molecular weight is 188 g/mol. The molecule has 0 aliphatic rings. The second-order valence-corrected chi connectivity index (χ2v) is 3.67. The summed E-state index contributed by atoms with van der Waals surface area (Å²) in [6.45, 7) is 3.92. The Labute approximate surface area is 106 Å². The van der Waals surface area contributed by atoms with Gasteiger partial charge in [-0.1, -0.05) is 20.3 Å². The van der Waals surface area contributed by atoms with E-state index in [0.29, 0.717) is 0 Å². The Morgan fingerprint density at radius 1 is 1.50 bits per heavy atom. The van der Waals surface area contributed by atoms with E-state index in [2.05, 4.69) is 0 Å². The molecule has 4 heteroatoms. The fourth-order valence-electron chi connectivity index (χ4n) is 0.837. The standard InChI is InChI=1S/C6H15O2P.K/c1-3-5-6(4-2)9(7)8;/h6,9H,3-5H2,1-2H3,(H,7,8);/q;+1/p-1. The molecule has 0 rings (SSSR count). The van der Waals surface area contributed by atoms with Crippen molar-refractivity contribution >= 4 is 8.03 Å². The van der Waals surface area contributed by atoms with Crippen molar-refractivity contribution in [2.24, 2.45) is 0 Å². The van der Waals surface area contributed by atoms with Gasteiger partial charge in [-0.25, -0.2) is 0 Å². The van der Waals surface area contributed by atoms with Crippen molar-refractivity contribution in [3.63, 3.8) is 0 Å². The summed E-state index contributed by atoms with van der Waals surface area (Å²) < 4.78 is 10.4. The minimum atomic E-state index is -2.49. The molecule has 0 aliphatic heterocycles. The van der Waals surface area contributed by atoms with Gasteiger partial charge in [0.25, 0.3) is 0 Å². The molecule has 2 atom stereocenters. The Hall–Kier alpha value is 1.83. The monoisotopic (exact) mass is 188 g/mol. The van der Waals surface area contributed by atoms with Crippen LogP contribution in [0, 0.1) is 0 Å². The molecule has 0 saturated carbocycles. The summed E-state index contributed by atoms with van der Waals surface area (Å²) in [5.41, 5.74) is -0.0417. The van der Waals surface area contributed by atoms with Crippen LogP contribution in [-0.2, 0) is 4.57 Å². The van der Waals surface area contributed by atoms with Crippen LogP contribution >= 0.6 is 8.03 Å². The molecule has 0 N–H and O–H groups in total. The molecule has 0 aliphatic carbocycles. The molecular formula is C6H14KO2P. The van der Waals surface area contributed by atoms with Crippen LogP contribution in [0.15, 0.2) is 0 Å². The maximum Gasteiger partial charge on any atom is 1.00 e. The Balaban J connectivity index is 0. The van der Waals surface area contributed by atoms with Gasteiger partial charge in [0.15, 0.2) is 0 Å². The summed E-state index contributed by atoms with van der Waals surface area (Å²) in [7, 11) is -2.49. The summed E-state index contributed by atoms with van der Waals surface area (Å²) in [5.74, 6) is 0. The fraction of sp³-hybridized carbons (Fsp3) is 1.00. The minimum absolute atomic E-state index is 0. The van der Waals surface area contributed by atoms with Gasteiger partial charge in [0.1, 0.15) is 0 Å². The zero-order valence-electron chi connectivity index (χ0n) is 7.02. The molecule has 0 spiro atoms. The molecule has 0 bridgehead atoms. The van der Waals surface area contributed by atoms with Gasteiger partial charge < -0.3 is 9.46 Å². The first-order chi connectivity index (χ1) is 4.22. The quantitative estimate of drug-likeness (QED) is 0.394. The molecule has 0 aromatic carbocycles. The topological polar surface area (TPSA) is 40.1 Å². The van der Waals surface area contributed by atoms with Crippen molar-refractivity contribution in [1.29, 1.82) is 0 Å². The van der Waals surface area contributed by atoms with Crippen molar-refractivity contribution in [2.45, 2.75) is 38.8 Å². The summed E-state index contributed by atoms with van der Waals surface area (Å²) in [5, 5.41) is 0. The first kappa shape index (κ1) is 14.4. The SMILES string of the molecule is CCCC(CC)[PH](=O)[O-].[K+]. The molecule has 10 heavy (non-hydrogen) atoms. The van der Waals surface area contributed by atoms with Crippen molar-refractivity contribution in [1.82, 2.24) is 0 Å². The van der Waals surface area contributed by atoms with Crippen LogP contribution < -0.4 is 56.3 Å². The molecule has 0 aromatic heterocycles. The minimum Gasteiger partial charge on any atom is -0.801 e. The molecule has 0 aromatic rings. The van der Waals surface area contributed by atoms with Crippen LogP contribution in [0.3, 0.4) is 0 Å². The van der Waals surface area contributed by atoms with Crippen molar-refractivity contribution in [2.75, 3.05) is 0 Å². The van der Waals surface area contributed by atoms with Crippen LogP contribution in [-0.4, -0.2) is 5.66 Å². The fourth-order valence-corrected chi connectivity index (χ4v) is 1.69. The molecule has 0 saturated heterocycles. The molecule has 0 amide bonds. The van der Waals surface area contributed by atoms with E-state index in [0.717, 1.165) is 19.3 Å². The van der Waals surface area contributed by atoms with Gasteiger partial charge >= 0.3 is 51.4 Å². The normalized spacial score (nSPS) is 15.5. The molecule has 56 valence electrons. The van der Waals surface area contributed by atoms with Gasteiger partial charge in [-0.15, -0.1) is 0 Å². The third-order valence-electron chi connectivity index (χ3n) is 1.46. The smallest absolute Gasteiger partial charge is 0.801 e. The molecule has 2 nitrogen and oxygen atoms in total. The van der Waals surface area contributed by atoms with Crippen LogP contribution in [0.25, 0.3) is 0 Å². The van der Waals surface area contributed by atoms with Crippen molar-refractivity contribution in [3.05, 3.63) is 0 Å². The van der Waals surface area contributed by atoms with Gasteiger partial charge in [0.05, 0.1) is 0 Å².